The molecule has 1 atom stereocenters. The van der Waals surface area contributed by atoms with Crippen LogP contribution >= 0.6 is 11.6 Å². The summed E-state index contributed by atoms with van der Waals surface area (Å²) < 4.78 is 49.7. The van der Waals surface area contributed by atoms with E-state index < -0.39 is 30.7 Å². The molecule has 0 aliphatic carbocycles. The Morgan fingerprint density at radius 3 is 2.73 bits per heavy atom. The van der Waals surface area contributed by atoms with Crippen LogP contribution in [0.15, 0.2) is 24.3 Å². The number of anilines is 1. The molecule has 0 spiro atoms. The third-order valence-electron chi connectivity index (χ3n) is 3.57. The second-order valence-corrected chi connectivity index (χ2v) is 5.57. The maximum Gasteiger partial charge on any atom is 0.324 e. The highest BCUT2D eigenvalue weighted by atomic mass is 35.5. The average Bonchev–Trinajstić information content (AvgIpc) is 2.95. The normalized spacial score (nSPS) is 18.8. The third-order valence-corrected chi connectivity index (χ3v) is 3.89. The summed E-state index contributed by atoms with van der Waals surface area (Å²) in [5.41, 5.74) is 0.761. The molecule has 0 saturated carbocycles. The van der Waals surface area contributed by atoms with E-state index in [0.29, 0.717) is 24.5 Å². The molecule has 0 bridgehead atoms. The standard InChI is InChI=1S/C14H15ClF4N2O/c15-10-3-1-2-4-11(10)21-6-5-9(7-21)12(22)20-8-14(18,19)13(16)17/h1-4,9,13H,5-8H2,(H,20,22). The quantitative estimate of drug-likeness (QED) is 0.836. The van der Waals surface area contributed by atoms with E-state index in [4.69, 9.17) is 11.6 Å². The smallest absolute Gasteiger partial charge is 0.324 e. The SMILES string of the molecule is O=C(NCC(F)(F)C(F)F)C1CCN(c2ccccc2Cl)C1. The van der Waals surface area contributed by atoms with E-state index in [1.807, 2.05) is 10.2 Å². The zero-order chi connectivity index (χ0) is 16.3. The Morgan fingerprint density at radius 1 is 1.41 bits per heavy atom. The molecule has 3 nitrogen and oxygen atoms in total. The molecule has 1 aromatic rings. The van der Waals surface area contributed by atoms with Gasteiger partial charge in [0.05, 0.1) is 23.2 Å². The van der Waals surface area contributed by atoms with E-state index in [1.54, 1.807) is 24.3 Å². The molecule has 1 unspecified atom stereocenters. The Labute approximate surface area is 130 Å². The summed E-state index contributed by atoms with van der Waals surface area (Å²) in [6.45, 7) is -0.491. The number of hydrogen-bond donors (Lipinski definition) is 1. The van der Waals surface area contributed by atoms with Gasteiger partial charge in [0.1, 0.15) is 0 Å². The monoisotopic (exact) mass is 338 g/mol. The van der Waals surface area contributed by atoms with Gasteiger partial charge in [-0.15, -0.1) is 0 Å². The average molecular weight is 339 g/mol. The summed E-state index contributed by atoms with van der Waals surface area (Å²) in [4.78, 5) is 13.7. The maximum absolute atomic E-state index is 12.8. The first-order valence-electron chi connectivity index (χ1n) is 6.74. The zero-order valence-corrected chi connectivity index (χ0v) is 12.3. The van der Waals surface area contributed by atoms with E-state index in [0.717, 1.165) is 5.69 Å². The van der Waals surface area contributed by atoms with Crippen LogP contribution in [0.3, 0.4) is 0 Å². The largest absolute Gasteiger partial charge is 0.370 e. The van der Waals surface area contributed by atoms with Crippen LogP contribution < -0.4 is 10.2 Å². The summed E-state index contributed by atoms with van der Waals surface area (Å²) in [6.07, 6.45) is -3.34. The molecular weight excluding hydrogens is 324 g/mol. The van der Waals surface area contributed by atoms with E-state index in [2.05, 4.69) is 0 Å². The van der Waals surface area contributed by atoms with E-state index >= 15 is 0 Å². The number of amides is 1. The molecule has 1 aliphatic rings. The van der Waals surface area contributed by atoms with Crippen LogP contribution in [0.5, 0.6) is 0 Å². The lowest BCUT2D eigenvalue weighted by Crippen LogP contribution is -2.43. The van der Waals surface area contributed by atoms with Gasteiger partial charge in [0.15, 0.2) is 0 Å². The minimum Gasteiger partial charge on any atom is -0.370 e. The molecule has 0 aromatic heterocycles. The Balaban J connectivity index is 1.90. The van der Waals surface area contributed by atoms with Crippen molar-refractivity contribution in [1.82, 2.24) is 5.32 Å². The van der Waals surface area contributed by atoms with Crippen molar-refractivity contribution in [2.45, 2.75) is 18.8 Å². The van der Waals surface area contributed by atoms with Gasteiger partial charge in [0, 0.05) is 13.1 Å². The highest BCUT2D eigenvalue weighted by Crippen LogP contribution is 2.30. The number of rotatable bonds is 5. The third kappa shape index (κ3) is 3.82. The van der Waals surface area contributed by atoms with Crippen molar-refractivity contribution in [3.8, 4) is 0 Å². The van der Waals surface area contributed by atoms with E-state index in [9.17, 15) is 22.4 Å². The topological polar surface area (TPSA) is 32.3 Å². The van der Waals surface area contributed by atoms with Crippen LogP contribution in [0.2, 0.25) is 5.02 Å². The lowest BCUT2D eigenvalue weighted by molar-refractivity contribution is -0.138. The summed E-state index contributed by atoms with van der Waals surface area (Å²) in [5, 5.41) is 2.44. The van der Waals surface area contributed by atoms with Crippen LogP contribution in [0, 0.1) is 5.92 Å². The molecule has 1 saturated heterocycles. The Hall–Kier alpha value is -1.50. The molecule has 1 aliphatic heterocycles. The highest BCUT2D eigenvalue weighted by Gasteiger charge is 2.41. The van der Waals surface area contributed by atoms with Gasteiger partial charge in [0.25, 0.3) is 0 Å². The lowest BCUT2D eigenvalue weighted by Gasteiger charge is -2.20. The molecule has 22 heavy (non-hydrogen) atoms. The fourth-order valence-electron chi connectivity index (χ4n) is 2.33. The Bertz CT molecular complexity index is 541. The number of nitrogens with zero attached hydrogens (tertiary/aromatic N) is 1. The molecule has 1 N–H and O–H groups in total. The van der Waals surface area contributed by atoms with Crippen molar-refractivity contribution in [2.24, 2.45) is 5.92 Å². The minimum absolute atomic E-state index is 0.315. The fraction of sp³-hybridized carbons (Fsp3) is 0.500. The van der Waals surface area contributed by atoms with Crippen LogP contribution in [-0.4, -0.2) is 37.9 Å². The maximum atomic E-state index is 12.8. The van der Waals surface area contributed by atoms with Crippen LogP contribution in [0.4, 0.5) is 23.2 Å². The molecule has 8 heteroatoms. The van der Waals surface area contributed by atoms with Gasteiger partial charge >= 0.3 is 12.3 Å². The molecule has 1 heterocycles. The van der Waals surface area contributed by atoms with Crippen molar-refractivity contribution >= 4 is 23.2 Å². The molecule has 1 fully saturated rings. The number of nitrogens with one attached hydrogen (secondary N) is 1. The fourth-order valence-corrected chi connectivity index (χ4v) is 2.58. The zero-order valence-electron chi connectivity index (χ0n) is 11.5. The first-order chi connectivity index (χ1) is 10.3. The summed E-state index contributed by atoms with van der Waals surface area (Å²) in [5.74, 6) is -5.38. The van der Waals surface area contributed by atoms with Crippen molar-refractivity contribution in [2.75, 3.05) is 24.5 Å². The minimum atomic E-state index is -4.21. The first kappa shape index (κ1) is 16.9. The molecule has 122 valence electrons. The lowest BCUT2D eigenvalue weighted by atomic mass is 10.1. The number of carbonyl (C=O) groups is 1. The molecular formula is C14H15ClF4N2O. The number of halogens is 5. The van der Waals surface area contributed by atoms with Crippen LogP contribution in [0.1, 0.15) is 6.42 Å². The van der Waals surface area contributed by atoms with Crippen molar-refractivity contribution in [3.63, 3.8) is 0 Å². The van der Waals surface area contributed by atoms with Crippen molar-refractivity contribution in [3.05, 3.63) is 29.3 Å². The predicted molar refractivity (Wildman–Crippen MR) is 75.7 cm³/mol. The van der Waals surface area contributed by atoms with Gasteiger partial charge in [0.2, 0.25) is 5.91 Å². The number of para-hydroxylation sites is 1. The highest BCUT2D eigenvalue weighted by molar-refractivity contribution is 6.33. The second-order valence-electron chi connectivity index (χ2n) is 5.16. The molecule has 0 radical (unpaired) electrons. The van der Waals surface area contributed by atoms with E-state index in [1.165, 1.54) is 0 Å². The van der Waals surface area contributed by atoms with Crippen LogP contribution in [0.25, 0.3) is 0 Å². The summed E-state index contributed by atoms with van der Waals surface area (Å²) in [7, 11) is 0. The molecule has 1 amide bonds. The van der Waals surface area contributed by atoms with Crippen molar-refractivity contribution in [1.29, 1.82) is 0 Å². The summed E-state index contributed by atoms with van der Waals surface area (Å²) in [6, 6.07) is 7.09. The first-order valence-corrected chi connectivity index (χ1v) is 7.12. The Kier molecular flexibility index (Phi) is 5.16. The number of benzene rings is 1. The predicted octanol–water partition coefficient (Wildman–Crippen LogP) is 3.18. The van der Waals surface area contributed by atoms with Gasteiger partial charge in [-0.05, 0) is 18.6 Å². The number of carbonyl (C=O) groups excluding carboxylic acids is 1. The van der Waals surface area contributed by atoms with Gasteiger partial charge in [-0.25, -0.2) is 8.78 Å². The van der Waals surface area contributed by atoms with E-state index in [-0.39, 0.29) is 0 Å². The Morgan fingerprint density at radius 2 is 2.09 bits per heavy atom. The second kappa shape index (κ2) is 6.73. The van der Waals surface area contributed by atoms with Gasteiger partial charge < -0.3 is 10.2 Å². The van der Waals surface area contributed by atoms with Gasteiger partial charge in [-0.2, -0.15) is 8.78 Å². The van der Waals surface area contributed by atoms with Crippen LogP contribution in [-0.2, 0) is 4.79 Å². The molecule has 2 rings (SSSR count). The van der Waals surface area contributed by atoms with Gasteiger partial charge in [-0.3, -0.25) is 4.79 Å². The van der Waals surface area contributed by atoms with Crippen molar-refractivity contribution < 1.29 is 22.4 Å². The number of alkyl halides is 4. The number of hydrogen-bond acceptors (Lipinski definition) is 2. The molecule has 1 aromatic carbocycles. The van der Waals surface area contributed by atoms with Gasteiger partial charge in [-0.1, -0.05) is 23.7 Å². The summed E-state index contributed by atoms with van der Waals surface area (Å²) >= 11 is 6.06.